The average molecular weight is 300 g/mol. The second kappa shape index (κ2) is 6.77. The van der Waals surface area contributed by atoms with Crippen LogP contribution in [-0.4, -0.2) is 29.1 Å². The third kappa shape index (κ3) is 4.88. The minimum atomic E-state index is -0.421. The first-order valence-electron chi connectivity index (χ1n) is 5.66. The van der Waals surface area contributed by atoms with Gasteiger partial charge in [0.05, 0.1) is 6.10 Å². The van der Waals surface area contributed by atoms with Crippen molar-refractivity contribution >= 4 is 21.8 Å². The molecular formula is C13H18BrNO2. The summed E-state index contributed by atoms with van der Waals surface area (Å²) in [4.78, 5) is 13.4. The molecule has 1 atom stereocenters. The summed E-state index contributed by atoms with van der Waals surface area (Å²) in [6.45, 7) is 2.28. The molecule has 17 heavy (non-hydrogen) atoms. The number of halogens is 1. The van der Waals surface area contributed by atoms with E-state index in [1.807, 2.05) is 24.3 Å². The predicted octanol–water partition coefficient (Wildman–Crippen LogP) is 2.57. The van der Waals surface area contributed by atoms with Gasteiger partial charge in [-0.05, 0) is 25.0 Å². The maximum atomic E-state index is 11.8. The number of nitrogens with zero attached hydrogens (tertiary/aromatic N) is 1. The highest BCUT2D eigenvalue weighted by Crippen LogP contribution is 2.17. The summed E-state index contributed by atoms with van der Waals surface area (Å²) in [5.41, 5.74) is 1.08. The average Bonchev–Trinajstić information content (AvgIpc) is 2.28. The van der Waals surface area contributed by atoms with Crippen LogP contribution in [0.25, 0.3) is 0 Å². The monoisotopic (exact) mass is 299 g/mol. The van der Waals surface area contributed by atoms with Crippen molar-refractivity contribution in [3.05, 3.63) is 34.3 Å². The minimum Gasteiger partial charge on any atom is -0.393 e. The number of aliphatic hydroxyl groups is 1. The van der Waals surface area contributed by atoms with Crippen LogP contribution in [0, 0.1) is 0 Å². The lowest BCUT2D eigenvalue weighted by atomic mass is 10.2. The lowest BCUT2D eigenvalue weighted by molar-refractivity contribution is -0.131. The van der Waals surface area contributed by atoms with Crippen molar-refractivity contribution in [2.75, 3.05) is 7.05 Å². The van der Waals surface area contributed by atoms with Gasteiger partial charge < -0.3 is 10.0 Å². The summed E-state index contributed by atoms with van der Waals surface area (Å²) in [5, 5.41) is 9.14. The maximum Gasteiger partial charge on any atom is 0.222 e. The molecule has 0 aliphatic heterocycles. The first kappa shape index (κ1) is 14.2. The molecule has 0 bridgehead atoms. The number of carbonyl (C=O) groups excluding carboxylic acids is 1. The van der Waals surface area contributed by atoms with Crippen molar-refractivity contribution in [3.8, 4) is 0 Å². The summed E-state index contributed by atoms with van der Waals surface area (Å²) >= 11 is 3.46. The van der Waals surface area contributed by atoms with Crippen molar-refractivity contribution in [1.82, 2.24) is 4.90 Å². The lowest BCUT2D eigenvalue weighted by Crippen LogP contribution is -2.26. The lowest BCUT2D eigenvalue weighted by Gasteiger charge is -2.18. The van der Waals surface area contributed by atoms with E-state index in [0.29, 0.717) is 19.4 Å². The molecule has 94 valence electrons. The SMILES string of the molecule is CC(O)CCC(=O)N(C)Cc1ccccc1Br. The van der Waals surface area contributed by atoms with Crippen LogP contribution in [0.2, 0.25) is 0 Å². The molecule has 4 heteroatoms. The van der Waals surface area contributed by atoms with Crippen molar-refractivity contribution in [3.63, 3.8) is 0 Å². The van der Waals surface area contributed by atoms with Crippen LogP contribution in [0.5, 0.6) is 0 Å². The van der Waals surface area contributed by atoms with Gasteiger partial charge in [-0.1, -0.05) is 34.1 Å². The molecule has 0 saturated heterocycles. The van der Waals surface area contributed by atoms with Crippen LogP contribution in [0.3, 0.4) is 0 Å². The van der Waals surface area contributed by atoms with E-state index in [1.54, 1.807) is 18.9 Å². The van der Waals surface area contributed by atoms with Crippen LogP contribution in [0.15, 0.2) is 28.7 Å². The molecule has 1 N–H and O–H groups in total. The Kier molecular flexibility index (Phi) is 5.65. The normalized spacial score (nSPS) is 12.2. The van der Waals surface area contributed by atoms with E-state index in [-0.39, 0.29) is 5.91 Å². The third-order valence-electron chi connectivity index (χ3n) is 2.57. The fourth-order valence-electron chi connectivity index (χ4n) is 1.49. The van der Waals surface area contributed by atoms with Crippen LogP contribution >= 0.6 is 15.9 Å². The Bertz CT molecular complexity index is 379. The molecule has 0 fully saturated rings. The fourth-order valence-corrected chi connectivity index (χ4v) is 1.90. The van der Waals surface area contributed by atoms with Gasteiger partial charge in [-0.3, -0.25) is 4.79 Å². The highest BCUT2D eigenvalue weighted by atomic mass is 79.9. The summed E-state index contributed by atoms with van der Waals surface area (Å²) in [7, 11) is 1.78. The molecule has 1 aromatic carbocycles. The molecule has 0 saturated carbocycles. The van der Waals surface area contributed by atoms with Crippen LogP contribution in [-0.2, 0) is 11.3 Å². The number of benzene rings is 1. The molecule has 1 unspecified atom stereocenters. The Morgan fingerprint density at radius 3 is 2.71 bits per heavy atom. The quantitative estimate of drug-likeness (QED) is 0.908. The first-order chi connectivity index (χ1) is 8.00. The second-order valence-corrected chi connectivity index (χ2v) is 5.08. The van der Waals surface area contributed by atoms with Crippen molar-refractivity contribution in [2.24, 2.45) is 0 Å². The summed E-state index contributed by atoms with van der Waals surface area (Å²) in [6.07, 6.45) is 0.480. The Labute approximate surface area is 111 Å². The molecule has 0 aliphatic rings. The van der Waals surface area contributed by atoms with E-state index in [2.05, 4.69) is 15.9 Å². The van der Waals surface area contributed by atoms with Gasteiger partial charge in [0.2, 0.25) is 5.91 Å². The van der Waals surface area contributed by atoms with Gasteiger partial charge in [-0.25, -0.2) is 0 Å². The maximum absolute atomic E-state index is 11.8. The van der Waals surface area contributed by atoms with Crippen molar-refractivity contribution < 1.29 is 9.90 Å². The third-order valence-corrected chi connectivity index (χ3v) is 3.34. The molecule has 1 amide bonds. The number of carbonyl (C=O) groups is 1. The fraction of sp³-hybridized carbons (Fsp3) is 0.462. The Balaban J connectivity index is 2.51. The van der Waals surface area contributed by atoms with Gasteiger partial charge in [-0.2, -0.15) is 0 Å². The number of rotatable bonds is 5. The zero-order valence-electron chi connectivity index (χ0n) is 10.2. The van der Waals surface area contributed by atoms with Gasteiger partial charge >= 0.3 is 0 Å². The molecule has 1 rings (SSSR count). The van der Waals surface area contributed by atoms with E-state index < -0.39 is 6.10 Å². The minimum absolute atomic E-state index is 0.0571. The van der Waals surface area contributed by atoms with Gasteiger partial charge in [-0.15, -0.1) is 0 Å². The van der Waals surface area contributed by atoms with E-state index in [4.69, 9.17) is 5.11 Å². The van der Waals surface area contributed by atoms with Crippen LogP contribution in [0.4, 0.5) is 0 Å². The summed E-state index contributed by atoms with van der Waals surface area (Å²) in [6, 6.07) is 7.85. The van der Waals surface area contributed by atoms with Gasteiger partial charge in [0, 0.05) is 24.5 Å². The highest BCUT2D eigenvalue weighted by molar-refractivity contribution is 9.10. The predicted molar refractivity (Wildman–Crippen MR) is 71.5 cm³/mol. The van der Waals surface area contributed by atoms with Gasteiger partial charge in [0.15, 0.2) is 0 Å². The van der Waals surface area contributed by atoms with E-state index in [9.17, 15) is 4.79 Å². The molecule has 0 radical (unpaired) electrons. The Morgan fingerprint density at radius 2 is 2.12 bits per heavy atom. The first-order valence-corrected chi connectivity index (χ1v) is 6.45. The van der Waals surface area contributed by atoms with Crippen LogP contribution in [0.1, 0.15) is 25.3 Å². The van der Waals surface area contributed by atoms with E-state index >= 15 is 0 Å². The largest absolute Gasteiger partial charge is 0.393 e. The molecule has 0 heterocycles. The number of hydrogen-bond acceptors (Lipinski definition) is 2. The standard InChI is InChI=1S/C13H18BrNO2/c1-10(16)7-8-13(17)15(2)9-11-5-3-4-6-12(11)14/h3-6,10,16H,7-9H2,1-2H3. The zero-order valence-corrected chi connectivity index (χ0v) is 11.8. The topological polar surface area (TPSA) is 40.5 Å². The van der Waals surface area contributed by atoms with Crippen LogP contribution < -0.4 is 0 Å². The molecule has 0 spiro atoms. The summed E-state index contributed by atoms with van der Waals surface area (Å²) in [5.74, 6) is 0.0571. The van der Waals surface area contributed by atoms with E-state index in [0.717, 1.165) is 10.0 Å². The zero-order chi connectivity index (χ0) is 12.8. The molecular weight excluding hydrogens is 282 g/mol. The number of aliphatic hydroxyl groups excluding tert-OH is 1. The number of hydrogen-bond donors (Lipinski definition) is 1. The molecule has 1 aromatic rings. The summed E-state index contributed by atoms with van der Waals surface area (Å²) < 4.78 is 1.01. The number of amides is 1. The Morgan fingerprint density at radius 1 is 1.47 bits per heavy atom. The Hall–Kier alpha value is -0.870. The molecule has 3 nitrogen and oxygen atoms in total. The van der Waals surface area contributed by atoms with Crippen molar-refractivity contribution in [1.29, 1.82) is 0 Å². The van der Waals surface area contributed by atoms with Crippen molar-refractivity contribution in [2.45, 2.75) is 32.4 Å². The highest BCUT2D eigenvalue weighted by Gasteiger charge is 2.11. The molecule has 0 aliphatic carbocycles. The van der Waals surface area contributed by atoms with Gasteiger partial charge in [0.25, 0.3) is 0 Å². The van der Waals surface area contributed by atoms with Gasteiger partial charge in [0.1, 0.15) is 0 Å². The molecule has 0 aromatic heterocycles. The smallest absolute Gasteiger partial charge is 0.222 e. The second-order valence-electron chi connectivity index (χ2n) is 4.23. The van der Waals surface area contributed by atoms with E-state index in [1.165, 1.54) is 0 Å².